The van der Waals surface area contributed by atoms with Gasteiger partial charge in [-0.2, -0.15) is 0 Å². The molecule has 34 heavy (non-hydrogen) atoms. The Bertz CT molecular complexity index is 1080. The van der Waals surface area contributed by atoms with Crippen molar-refractivity contribution in [3.8, 4) is 11.5 Å². The standard InChI is InChI=1S/C25H31ClN6O2/c1-4-12-30-14-16-31(17-15-30)24(20-6-8-21(26)9-7-20)25-27-28-29-32(25)13-11-19-5-10-22(33-2)23(18-19)34-3/h4-10,18,24H,1,11-17H2,2-3H3/t24-/m0/s1. The molecule has 1 aliphatic rings. The van der Waals surface area contributed by atoms with Crippen molar-refractivity contribution in [2.24, 2.45) is 0 Å². The fourth-order valence-electron chi connectivity index (χ4n) is 4.39. The summed E-state index contributed by atoms with van der Waals surface area (Å²) in [7, 11) is 3.28. The maximum absolute atomic E-state index is 6.18. The minimum Gasteiger partial charge on any atom is -0.493 e. The van der Waals surface area contributed by atoms with Crippen LogP contribution in [0.3, 0.4) is 0 Å². The van der Waals surface area contributed by atoms with Crippen LogP contribution in [-0.4, -0.2) is 77.0 Å². The second-order valence-electron chi connectivity index (χ2n) is 8.28. The van der Waals surface area contributed by atoms with Crippen molar-refractivity contribution in [2.75, 3.05) is 46.9 Å². The van der Waals surface area contributed by atoms with E-state index in [-0.39, 0.29) is 6.04 Å². The molecule has 4 rings (SSSR count). The lowest BCUT2D eigenvalue weighted by Gasteiger charge is -2.38. The van der Waals surface area contributed by atoms with Crippen LogP contribution in [-0.2, 0) is 13.0 Å². The molecule has 0 aliphatic carbocycles. The maximum Gasteiger partial charge on any atom is 0.173 e. The summed E-state index contributed by atoms with van der Waals surface area (Å²) in [6, 6.07) is 13.9. The highest BCUT2D eigenvalue weighted by Crippen LogP contribution is 2.30. The van der Waals surface area contributed by atoms with Gasteiger partial charge >= 0.3 is 0 Å². The van der Waals surface area contributed by atoms with Gasteiger partial charge in [0.05, 0.1) is 20.3 Å². The quantitative estimate of drug-likeness (QED) is 0.410. The van der Waals surface area contributed by atoms with Gasteiger partial charge in [-0.3, -0.25) is 9.80 Å². The van der Waals surface area contributed by atoms with Crippen LogP contribution >= 0.6 is 11.6 Å². The number of rotatable bonds is 10. The Morgan fingerprint density at radius 1 is 1.03 bits per heavy atom. The molecule has 1 aromatic heterocycles. The van der Waals surface area contributed by atoms with Crippen LogP contribution in [0, 0.1) is 0 Å². The number of hydrogen-bond donors (Lipinski definition) is 0. The second kappa shape index (κ2) is 11.5. The summed E-state index contributed by atoms with van der Waals surface area (Å²) in [6.07, 6.45) is 2.72. The molecule has 3 aromatic rings. The summed E-state index contributed by atoms with van der Waals surface area (Å²) >= 11 is 6.18. The van der Waals surface area contributed by atoms with Crippen molar-refractivity contribution in [3.05, 3.63) is 77.1 Å². The molecular weight excluding hydrogens is 452 g/mol. The Hall–Kier alpha value is -2.94. The average molecular weight is 483 g/mol. The number of tetrazole rings is 1. The molecule has 2 aromatic carbocycles. The fourth-order valence-corrected chi connectivity index (χ4v) is 4.52. The molecule has 0 radical (unpaired) electrons. The number of nitrogens with zero attached hydrogens (tertiary/aromatic N) is 6. The van der Waals surface area contributed by atoms with Crippen molar-refractivity contribution in [3.63, 3.8) is 0 Å². The van der Waals surface area contributed by atoms with E-state index in [1.165, 1.54) is 0 Å². The monoisotopic (exact) mass is 482 g/mol. The number of aromatic nitrogens is 4. The van der Waals surface area contributed by atoms with E-state index in [9.17, 15) is 0 Å². The van der Waals surface area contributed by atoms with Gasteiger partial charge in [-0.25, -0.2) is 4.68 Å². The molecule has 1 atom stereocenters. The Morgan fingerprint density at radius 2 is 1.76 bits per heavy atom. The van der Waals surface area contributed by atoms with Crippen molar-refractivity contribution in [1.29, 1.82) is 0 Å². The Labute approximate surface area is 205 Å². The summed E-state index contributed by atoms with van der Waals surface area (Å²) in [5, 5.41) is 13.6. The lowest BCUT2D eigenvalue weighted by atomic mass is 10.0. The Balaban J connectivity index is 1.57. The Kier molecular flexibility index (Phi) is 8.16. The first-order valence-electron chi connectivity index (χ1n) is 11.4. The third kappa shape index (κ3) is 5.58. The first-order chi connectivity index (χ1) is 16.6. The van der Waals surface area contributed by atoms with E-state index in [1.807, 2.05) is 41.1 Å². The van der Waals surface area contributed by atoms with Gasteiger partial charge in [0.15, 0.2) is 17.3 Å². The fraction of sp³-hybridized carbons (Fsp3) is 0.400. The highest BCUT2D eigenvalue weighted by atomic mass is 35.5. The van der Waals surface area contributed by atoms with Crippen molar-refractivity contribution < 1.29 is 9.47 Å². The lowest BCUT2D eigenvalue weighted by Crippen LogP contribution is -2.48. The molecular formula is C25H31ClN6O2. The molecule has 2 heterocycles. The summed E-state index contributed by atoms with van der Waals surface area (Å²) in [4.78, 5) is 4.85. The van der Waals surface area contributed by atoms with Gasteiger partial charge in [-0.1, -0.05) is 35.9 Å². The smallest absolute Gasteiger partial charge is 0.173 e. The minimum absolute atomic E-state index is 0.0523. The summed E-state index contributed by atoms with van der Waals surface area (Å²) in [5.74, 6) is 2.26. The van der Waals surface area contributed by atoms with Gasteiger partial charge in [-0.15, -0.1) is 11.7 Å². The van der Waals surface area contributed by atoms with E-state index in [4.69, 9.17) is 21.1 Å². The predicted octanol–water partition coefficient (Wildman–Crippen LogP) is 3.48. The predicted molar refractivity (Wildman–Crippen MR) is 133 cm³/mol. The zero-order chi connectivity index (χ0) is 23.9. The molecule has 0 N–H and O–H groups in total. The number of halogens is 1. The minimum atomic E-state index is -0.0523. The second-order valence-corrected chi connectivity index (χ2v) is 8.72. The number of hydrogen-bond acceptors (Lipinski definition) is 7. The first kappa shape index (κ1) is 24.2. The van der Waals surface area contributed by atoms with E-state index in [2.05, 4.69) is 44.0 Å². The number of benzene rings is 2. The topological polar surface area (TPSA) is 68.5 Å². The molecule has 1 aliphatic heterocycles. The van der Waals surface area contributed by atoms with Crippen LogP contribution in [0.1, 0.15) is 23.0 Å². The van der Waals surface area contributed by atoms with Crippen LogP contribution < -0.4 is 9.47 Å². The van der Waals surface area contributed by atoms with Crippen LogP contribution in [0.4, 0.5) is 0 Å². The van der Waals surface area contributed by atoms with E-state index in [0.717, 1.165) is 56.1 Å². The van der Waals surface area contributed by atoms with Crippen LogP contribution in [0.25, 0.3) is 0 Å². The first-order valence-corrected chi connectivity index (χ1v) is 11.8. The van der Waals surface area contributed by atoms with Gasteiger partial charge in [0.2, 0.25) is 0 Å². The number of methoxy groups -OCH3 is 2. The molecule has 0 bridgehead atoms. The molecule has 0 saturated carbocycles. The lowest BCUT2D eigenvalue weighted by molar-refractivity contribution is 0.112. The van der Waals surface area contributed by atoms with Crippen molar-refractivity contribution >= 4 is 11.6 Å². The van der Waals surface area contributed by atoms with E-state index in [1.54, 1.807) is 14.2 Å². The van der Waals surface area contributed by atoms with Gasteiger partial charge in [0.1, 0.15) is 0 Å². The molecule has 0 unspecified atom stereocenters. The van der Waals surface area contributed by atoms with Gasteiger partial charge in [0.25, 0.3) is 0 Å². The zero-order valence-corrected chi connectivity index (χ0v) is 20.5. The third-order valence-corrected chi connectivity index (χ3v) is 6.46. The largest absolute Gasteiger partial charge is 0.493 e. The van der Waals surface area contributed by atoms with Gasteiger partial charge < -0.3 is 9.47 Å². The van der Waals surface area contributed by atoms with E-state index in [0.29, 0.717) is 23.1 Å². The van der Waals surface area contributed by atoms with Crippen molar-refractivity contribution in [1.82, 2.24) is 30.0 Å². The molecule has 9 heteroatoms. The number of aryl methyl sites for hydroxylation is 2. The van der Waals surface area contributed by atoms with Crippen LogP contribution in [0.15, 0.2) is 55.1 Å². The van der Waals surface area contributed by atoms with Crippen molar-refractivity contribution in [2.45, 2.75) is 19.0 Å². The summed E-state index contributed by atoms with van der Waals surface area (Å²) in [6.45, 7) is 9.22. The SMILES string of the molecule is C=CCN1CCN([C@@H](c2ccc(Cl)cc2)c2nnnn2CCc2ccc(OC)c(OC)c2)CC1. The molecule has 180 valence electrons. The summed E-state index contributed by atoms with van der Waals surface area (Å²) < 4.78 is 12.7. The van der Waals surface area contributed by atoms with Crippen LogP contribution in [0.5, 0.6) is 11.5 Å². The summed E-state index contributed by atoms with van der Waals surface area (Å²) in [5.41, 5.74) is 2.25. The molecule has 0 amide bonds. The molecule has 1 saturated heterocycles. The number of ether oxygens (including phenoxy) is 2. The zero-order valence-electron chi connectivity index (χ0n) is 19.7. The molecule has 1 fully saturated rings. The molecule has 8 nitrogen and oxygen atoms in total. The highest BCUT2D eigenvalue weighted by molar-refractivity contribution is 6.30. The van der Waals surface area contributed by atoms with Gasteiger partial charge in [-0.05, 0) is 52.2 Å². The van der Waals surface area contributed by atoms with E-state index >= 15 is 0 Å². The third-order valence-electron chi connectivity index (χ3n) is 6.21. The van der Waals surface area contributed by atoms with E-state index < -0.39 is 0 Å². The molecule has 0 spiro atoms. The van der Waals surface area contributed by atoms with Gasteiger partial charge in [0, 0.05) is 44.3 Å². The maximum atomic E-state index is 6.18. The number of piperazine rings is 1. The Morgan fingerprint density at radius 3 is 2.44 bits per heavy atom. The average Bonchev–Trinajstić information content (AvgIpc) is 3.33. The highest BCUT2D eigenvalue weighted by Gasteiger charge is 2.30. The normalized spacial score (nSPS) is 15.7. The van der Waals surface area contributed by atoms with Crippen LogP contribution in [0.2, 0.25) is 5.02 Å².